The molecule has 0 radical (unpaired) electrons. The Morgan fingerprint density at radius 2 is 2.10 bits per heavy atom. The number of aryl methyl sites for hydroxylation is 1. The van der Waals surface area contributed by atoms with Gasteiger partial charge in [0.15, 0.2) is 0 Å². The molecule has 1 N–H and O–H groups in total. The minimum Gasteiger partial charge on any atom is -0.481 e. The number of carboxylic acids is 1. The fourth-order valence-corrected chi connectivity index (χ4v) is 3.44. The number of piperidine rings is 1. The summed E-state index contributed by atoms with van der Waals surface area (Å²) in [4.78, 5) is 13.3. The molecule has 1 saturated heterocycles. The lowest BCUT2D eigenvalue weighted by Gasteiger charge is -2.38. The third-order valence-electron chi connectivity index (χ3n) is 4.61. The molecule has 0 aromatic heterocycles. The fourth-order valence-electron chi connectivity index (χ4n) is 3.44. The molecule has 116 valence electrons. The van der Waals surface area contributed by atoms with Crippen LogP contribution in [0.25, 0.3) is 0 Å². The van der Waals surface area contributed by atoms with Gasteiger partial charge in [0.05, 0.1) is 0 Å². The van der Waals surface area contributed by atoms with Gasteiger partial charge in [-0.25, -0.2) is 0 Å². The van der Waals surface area contributed by atoms with Crippen molar-refractivity contribution < 1.29 is 9.90 Å². The molecule has 1 aromatic rings. The van der Waals surface area contributed by atoms with E-state index in [1.54, 1.807) is 0 Å². The van der Waals surface area contributed by atoms with Crippen LogP contribution in [0.3, 0.4) is 0 Å². The molecular formula is C18H27NO2. The van der Waals surface area contributed by atoms with E-state index in [0.29, 0.717) is 18.4 Å². The summed E-state index contributed by atoms with van der Waals surface area (Å²) in [7, 11) is 0. The van der Waals surface area contributed by atoms with Gasteiger partial charge in [0, 0.05) is 19.0 Å². The molecule has 0 amide bonds. The Morgan fingerprint density at radius 3 is 2.71 bits per heavy atom. The number of likely N-dealkylation sites (tertiary alicyclic amines) is 1. The van der Waals surface area contributed by atoms with E-state index in [0.717, 1.165) is 25.9 Å². The monoisotopic (exact) mass is 289 g/mol. The molecule has 0 spiro atoms. The van der Waals surface area contributed by atoms with Gasteiger partial charge in [-0.1, -0.05) is 36.8 Å². The molecule has 2 rings (SSSR count). The van der Waals surface area contributed by atoms with Crippen LogP contribution >= 0.6 is 0 Å². The molecule has 0 aliphatic carbocycles. The summed E-state index contributed by atoms with van der Waals surface area (Å²) in [6.45, 7) is 6.54. The molecule has 3 nitrogen and oxygen atoms in total. The first-order valence-electron chi connectivity index (χ1n) is 8.12. The maximum Gasteiger partial charge on any atom is 0.303 e. The van der Waals surface area contributed by atoms with Gasteiger partial charge in [0.1, 0.15) is 0 Å². The number of benzene rings is 1. The number of carboxylic acid groups (broad SMARTS) is 1. The number of nitrogens with zero attached hydrogens (tertiary/aromatic N) is 1. The Kier molecular flexibility index (Phi) is 5.80. The van der Waals surface area contributed by atoms with Crippen molar-refractivity contribution in [2.24, 2.45) is 5.92 Å². The number of hydrogen-bond acceptors (Lipinski definition) is 2. The van der Waals surface area contributed by atoms with Crippen LogP contribution in [-0.2, 0) is 4.79 Å². The summed E-state index contributed by atoms with van der Waals surface area (Å²) >= 11 is 0. The predicted molar refractivity (Wildman–Crippen MR) is 85.4 cm³/mol. The van der Waals surface area contributed by atoms with E-state index in [2.05, 4.69) is 43.0 Å². The molecule has 2 unspecified atom stereocenters. The lowest BCUT2D eigenvalue weighted by Crippen LogP contribution is -2.38. The SMILES string of the molecule is CCC(c1ccc(C)cc1)N1CCCC(CCC(=O)O)C1. The summed E-state index contributed by atoms with van der Waals surface area (Å²) in [5.74, 6) is -0.132. The summed E-state index contributed by atoms with van der Waals surface area (Å²) in [5.41, 5.74) is 2.69. The second-order valence-electron chi connectivity index (χ2n) is 6.27. The first-order chi connectivity index (χ1) is 10.1. The molecule has 1 fully saturated rings. The third kappa shape index (κ3) is 4.57. The van der Waals surface area contributed by atoms with Gasteiger partial charge in [-0.2, -0.15) is 0 Å². The summed E-state index contributed by atoms with van der Waals surface area (Å²) in [6.07, 6.45) is 4.59. The first-order valence-corrected chi connectivity index (χ1v) is 8.12. The van der Waals surface area contributed by atoms with Crippen LogP contribution in [0.5, 0.6) is 0 Å². The van der Waals surface area contributed by atoms with Crippen LogP contribution in [0.1, 0.15) is 56.2 Å². The van der Waals surface area contributed by atoms with Gasteiger partial charge in [-0.15, -0.1) is 0 Å². The zero-order chi connectivity index (χ0) is 15.2. The van der Waals surface area contributed by atoms with Crippen LogP contribution in [0, 0.1) is 12.8 Å². The van der Waals surface area contributed by atoms with Crippen molar-refractivity contribution in [1.82, 2.24) is 4.90 Å². The van der Waals surface area contributed by atoms with Crippen molar-refractivity contribution in [1.29, 1.82) is 0 Å². The van der Waals surface area contributed by atoms with E-state index >= 15 is 0 Å². The van der Waals surface area contributed by atoms with E-state index in [4.69, 9.17) is 5.11 Å². The molecule has 1 aliphatic heterocycles. The molecule has 1 aromatic carbocycles. The zero-order valence-corrected chi connectivity index (χ0v) is 13.2. The topological polar surface area (TPSA) is 40.5 Å². The average Bonchev–Trinajstić information content (AvgIpc) is 2.48. The van der Waals surface area contributed by atoms with Crippen LogP contribution in [-0.4, -0.2) is 29.1 Å². The van der Waals surface area contributed by atoms with Crippen molar-refractivity contribution in [2.45, 2.75) is 52.0 Å². The Morgan fingerprint density at radius 1 is 1.38 bits per heavy atom. The fraction of sp³-hybridized carbons (Fsp3) is 0.611. The summed E-state index contributed by atoms with van der Waals surface area (Å²) in [5, 5.41) is 8.86. The van der Waals surface area contributed by atoms with Crippen LogP contribution in [0.2, 0.25) is 0 Å². The highest BCUT2D eigenvalue weighted by atomic mass is 16.4. The molecule has 1 heterocycles. The molecule has 2 atom stereocenters. The minimum absolute atomic E-state index is 0.305. The van der Waals surface area contributed by atoms with Crippen LogP contribution in [0.4, 0.5) is 0 Å². The van der Waals surface area contributed by atoms with Gasteiger partial charge in [-0.05, 0) is 50.6 Å². The molecule has 21 heavy (non-hydrogen) atoms. The van der Waals surface area contributed by atoms with Gasteiger partial charge in [-0.3, -0.25) is 9.69 Å². The lowest BCUT2D eigenvalue weighted by molar-refractivity contribution is -0.137. The molecular weight excluding hydrogens is 262 g/mol. The average molecular weight is 289 g/mol. The highest BCUT2D eigenvalue weighted by Crippen LogP contribution is 2.30. The van der Waals surface area contributed by atoms with Crippen molar-refractivity contribution in [2.75, 3.05) is 13.1 Å². The van der Waals surface area contributed by atoms with E-state index < -0.39 is 5.97 Å². The maximum atomic E-state index is 10.8. The second-order valence-corrected chi connectivity index (χ2v) is 6.27. The van der Waals surface area contributed by atoms with E-state index in [1.807, 2.05) is 0 Å². The van der Waals surface area contributed by atoms with Gasteiger partial charge in [0.2, 0.25) is 0 Å². The normalized spacial score (nSPS) is 21.1. The summed E-state index contributed by atoms with van der Waals surface area (Å²) < 4.78 is 0. The van der Waals surface area contributed by atoms with Crippen molar-refractivity contribution >= 4 is 5.97 Å². The Labute approximate surface area is 128 Å². The van der Waals surface area contributed by atoms with Gasteiger partial charge in [0.25, 0.3) is 0 Å². The maximum absolute atomic E-state index is 10.8. The molecule has 1 aliphatic rings. The van der Waals surface area contributed by atoms with Crippen LogP contribution in [0.15, 0.2) is 24.3 Å². The first kappa shape index (κ1) is 16.0. The lowest BCUT2D eigenvalue weighted by atomic mass is 9.90. The smallest absolute Gasteiger partial charge is 0.303 e. The highest BCUT2D eigenvalue weighted by molar-refractivity contribution is 5.66. The second kappa shape index (κ2) is 7.60. The van der Waals surface area contributed by atoms with Gasteiger partial charge >= 0.3 is 5.97 Å². The standard InChI is InChI=1S/C18H27NO2/c1-3-17(16-9-6-14(2)7-10-16)19-12-4-5-15(13-19)8-11-18(20)21/h6-7,9-10,15,17H,3-5,8,11-13H2,1-2H3,(H,20,21). The number of hydrogen-bond donors (Lipinski definition) is 1. The van der Waals surface area contributed by atoms with Crippen molar-refractivity contribution in [3.63, 3.8) is 0 Å². The Balaban J connectivity index is 2.00. The highest BCUT2D eigenvalue weighted by Gasteiger charge is 2.26. The van der Waals surface area contributed by atoms with Gasteiger partial charge < -0.3 is 5.11 Å². The zero-order valence-electron chi connectivity index (χ0n) is 13.2. The molecule has 0 saturated carbocycles. The third-order valence-corrected chi connectivity index (χ3v) is 4.61. The summed E-state index contributed by atoms with van der Waals surface area (Å²) in [6, 6.07) is 9.32. The number of carbonyl (C=O) groups is 1. The predicted octanol–water partition coefficient (Wildman–Crippen LogP) is 4.02. The van der Waals surface area contributed by atoms with Crippen LogP contribution < -0.4 is 0 Å². The Bertz CT molecular complexity index is 455. The molecule has 3 heteroatoms. The van der Waals surface area contributed by atoms with E-state index in [-0.39, 0.29) is 0 Å². The largest absolute Gasteiger partial charge is 0.481 e. The Hall–Kier alpha value is -1.35. The quantitative estimate of drug-likeness (QED) is 0.859. The molecule has 0 bridgehead atoms. The van der Waals surface area contributed by atoms with Crippen molar-refractivity contribution in [3.05, 3.63) is 35.4 Å². The van der Waals surface area contributed by atoms with E-state index in [9.17, 15) is 4.79 Å². The number of aliphatic carboxylic acids is 1. The minimum atomic E-state index is -0.669. The van der Waals surface area contributed by atoms with Crippen molar-refractivity contribution in [3.8, 4) is 0 Å². The number of rotatable bonds is 6. The van der Waals surface area contributed by atoms with E-state index in [1.165, 1.54) is 24.0 Å².